The van der Waals surface area contributed by atoms with Crippen LogP contribution in [0.1, 0.15) is 25.7 Å². The molecule has 120 valence electrons. The fourth-order valence-electron chi connectivity index (χ4n) is 4.05. The average Bonchev–Trinajstić information content (AvgIpc) is 3.18. The maximum Gasteiger partial charge on any atom is 0.223 e. The smallest absolute Gasteiger partial charge is 0.223 e. The average molecular weight is 330 g/mol. The summed E-state index contributed by atoms with van der Waals surface area (Å²) in [5, 5.41) is 4.21. The summed E-state index contributed by atoms with van der Waals surface area (Å²) in [5.74, 6) is 3.14. The van der Waals surface area contributed by atoms with Gasteiger partial charge in [-0.25, -0.2) is 9.97 Å². The van der Waals surface area contributed by atoms with Gasteiger partial charge in [0.15, 0.2) is 0 Å². The summed E-state index contributed by atoms with van der Waals surface area (Å²) in [7, 11) is 1.66. The number of rotatable bonds is 4. The predicted octanol–water partition coefficient (Wildman–Crippen LogP) is 4.41. The van der Waals surface area contributed by atoms with Crippen LogP contribution >= 0.6 is 11.6 Å². The molecule has 0 amide bonds. The third-order valence-corrected chi connectivity index (χ3v) is 5.38. The topological polar surface area (TPSA) is 47.0 Å². The molecule has 2 aromatic rings. The van der Waals surface area contributed by atoms with E-state index in [1.54, 1.807) is 13.3 Å². The molecule has 0 spiro atoms. The van der Waals surface area contributed by atoms with Crippen molar-refractivity contribution in [3.8, 4) is 17.0 Å². The van der Waals surface area contributed by atoms with Gasteiger partial charge in [-0.15, -0.1) is 0 Å². The van der Waals surface area contributed by atoms with E-state index in [9.17, 15) is 0 Å². The summed E-state index contributed by atoms with van der Waals surface area (Å²) < 4.78 is 5.43. The molecule has 2 saturated carbocycles. The molecule has 4 rings (SSSR count). The highest BCUT2D eigenvalue weighted by Crippen LogP contribution is 2.45. The van der Waals surface area contributed by atoms with E-state index >= 15 is 0 Å². The Morgan fingerprint density at radius 1 is 1.22 bits per heavy atom. The van der Waals surface area contributed by atoms with Crippen LogP contribution in [0.25, 0.3) is 11.3 Å². The SMILES string of the molecule is COc1ccc(Cl)cc1-c1ccnc(NC2CC3CCC2C3)n1. The Morgan fingerprint density at radius 3 is 2.87 bits per heavy atom. The Balaban J connectivity index is 1.60. The summed E-state index contributed by atoms with van der Waals surface area (Å²) in [6.45, 7) is 0. The second-order valence-electron chi connectivity index (χ2n) is 6.54. The molecule has 2 bridgehead atoms. The zero-order valence-corrected chi connectivity index (χ0v) is 13.9. The molecule has 2 fully saturated rings. The van der Waals surface area contributed by atoms with E-state index in [0.29, 0.717) is 17.0 Å². The maximum atomic E-state index is 6.13. The quantitative estimate of drug-likeness (QED) is 0.902. The highest BCUT2D eigenvalue weighted by atomic mass is 35.5. The second-order valence-corrected chi connectivity index (χ2v) is 6.97. The number of methoxy groups -OCH3 is 1. The van der Waals surface area contributed by atoms with Gasteiger partial charge in [-0.2, -0.15) is 0 Å². The van der Waals surface area contributed by atoms with Crippen molar-refractivity contribution in [3.05, 3.63) is 35.5 Å². The van der Waals surface area contributed by atoms with Crippen molar-refractivity contribution >= 4 is 17.5 Å². The minimum Gasteiger partial charge on any atom is -0.496 e. The Labute approximate surface area is 141 Å². The third-order valence-electron chi connectivity index (χ3n) is 5.15. The summed E-state index contributed by atoms with van der Waals surface area (Å²) in [4.78, 5) is 9.07. The van der Waals surface area contributed by atoms with Crippen molar-refractivity contribution in [2.75, 3.05) is 12.4 Å². The third kappa shape index (κ3) is 2.88. The van der Waals surface area contributed by atoms with Gasteiger partial charge >= 0.3 is 0 Å². The van der Waals surface area contributed by atoms with Crippen LogP contribution < -0.4 is 10.1 Å². The van der Waals surface area contributed by atoms with Crippen LogP contribution in [0.2, 0.25) is 5.02 Å². The summed E-state index contributed by atoms with van der Waals surface area (Å²) in [6, 6.07) is 7.97. The van der Waals surface area contributed by atoms with Crippen LogP contribution in [0.15, 0.2) is 30.5 Å². The minimum atomic E-state index is 0.519. The molecule has 0 aliphatic heterocycles. The Morgan fingerprint density at radius 2 is 2.13 bits per heavy atom. The first-order valence-electron chi connectivity index (χ1n) is 8.16. The van der Waals surface area contributed by atoms with E-state index in [1.165, 1.54) is 25.7 Å². The first-order valence-corrected chi connectivity index (χ1v) is 8.54. The van der Waals surface area contributed by atoms with Crippen molar-refractivity contribution in [2.45, 2.75) is 31.7 Å². The largest absolute Gasteiger partial charge is 0.496 e. The number of nitrogens with zero attached hydrogens (tertiary/aromatic N) is 2. The van der Waals surface area contributed by atoms with E-state index in [0.717, 1.165) is 28.8 Å². The number of aromatic nitrogens is 2. The summed E-state index contributed by atoms with van der Waals surface area (Å²) in [5.41, 5.74) is 1.71. The van der Waals surface area contributed by atoms with E-state index in [4.69, 9.17) is 16.3 Å². The monoisotopic (exact) mass is 329 g/mol. The van der Waals surface area contributed by atoms with E-state index in [1.807, 2.05) is 24.3 Å². The molecule has 0 radical (unpaired) electrons. The van der Waals surface area contributed by atoms with Gasteiger partial charge in [0.2, 0.25) is 5.95 Å². The van der Waals surface area contributed by atoms with Crippen LogP contribution in [0.3, 0.4) is 0 Å². The number of fused-ring (bicyclic) bond motifs is 2. The lowest BCUT2D eigenvalue weighted by molar-refractivity contribution is 0.416. The molecule has 2 aliphatic carbocycles. The van der Waals surface area contributed by atoms with E-state index < -0.39 is 0 Å². The maximum absolute atomic E-state index is 6.13. The van der Waals surface area contributed by atoms with Crippen molar-refractivity contribution in [3.63, 3.8) is 0 Å². The first-order chi connectivity index (χ1) is 11.2. The number of hydrogen-bond donors (Lipinski definition) is 1. The van der Waals surface area contributed by atoms with Crippen molar-refractivity contribution < 1.29 is 4.74 Å². The van der Waals surface area contributed by atoms with E-state index in [2.05, 4.69) is 15.3 Å². The molecule has 2 aliphatic rings. The number of hydrogen-bond acceptors (Lipinski definition) is 4. The van der Waals surface area contributed by atoms with Crippen molar-refractivity contribution in [1.82, 2.24) is 9.97 Å². The highest BCUT2D eigenvalue weighted by Gasteiger charge is 2.39. The van der Waals surface area contributed by atoms with Gasteiger partial charge in [0.05, 0.1) is 12.8 Å². The Hall–Kier alpha value is -1.81. The van der Waals surface area contributed by atoms with Crippen molar-refractivity contribution in [2.24, 2.45) is 11.8 Å². The lowest BCUT2D eigenvalue weighted by Crippen LogP contribution is -2.26. The normalized spacial score (nSPS) is 25.6. The minimum absolute atomic E-state index is 0.519. The van der Waals surface area contributed by atoms with Crippen LogP contribution in [0.4, 0.5) is 5.95 Å². The number of nitrogens with one attached hydrogen (secondary N) is 1. The zero-order valence-electron chi connectivity index (χ0n) is 13.1. The molecule has 5 heteroatoms. The fourth-order valence-corrected chi connectivity index (χ4v) is 4.22. The zero-order chi connectivity index (χ0) is 15.8. The highest BCUT2D eigenvalue weighted by molar-refractivity contribution is 6.30. The van der Waals surface area contributed by atoms with Crippen LogP contribution in [-0.4, -0.2) is 23.1 Å². The molecule has 1 N–H and O–H groups in total. The van der Waals surface area contributed by atoms with Gasteiger partial charge < -0.3 is 10.1 Å². The van der Waals surface area contributed by atoms with Crippen LogP contribution in [0, 0.1) is 11.8 Å². The molecule has 4 nitrogen and oxygen atoms in total. The molecular formula is C18H20ClN3O. The lowest BCUT2D eigenvalue weighted by Gasteiger charge is -2.23. The number of ether oxygens (including phenoxy) is 1. The Kier molecular flexibility index (Phi) is 3.85. The molecule has 1 heterocycles. The summed E-state index contributed by atoms with van der Waals surface area (Å²) in [6.07, 6.45) is 7.13. The van der Waals surface area contributed by atoms with Gasteiger partial charge in [-0.05, 0) is 55.4 Å². The first kappa shape index (κ1) is 14.8. The molecule has 1 aromatic carbocycles. The number of anilines is 1. The van der Waals surface area contributed by atoms with E-state index in [-0.39, 0.29) is 0 Å². The lowest BCUT2D eigenvalue weighted by atomic mass is 9.95. The predicted molar refractivity (Wildman–Crippen MR) is 91.9 cm³/mol. The number of halogens is 1. The molecule has 1 aromatic heterocycles. The van der Waals surface area contributed by atoms with Crippen molar-refractivity contribution in [1.29, 1.82) is 0 Å². The molecular weight excluding hydrogens is 310 g/mol. The standard InChI is InChI=1S/C18H20ClN3O/c1-23-17-5-4-13(19)10-14(17)15-6-7-20-18(21-15)22-16-9-11-2-3-12(16)8-11/h4-7,10-12,16H,2-3,8-9H2,1H3,(H,20,21,22). The van der Waals surface area contributed by atoms with Gasteiger partial charge in [0.25, 0.3) is 0 Å². The van der Waals surface area contributed by atoms with Crippen LogP contribution in [-0.2, 0) is 0 Å². The summed E-state index contributed by atoms with van der Waals surface area (Å²) >= 11 is 6.13. The Bertz CT molecular complexity index is 721. The second kappa shape index (κ2) is 6.00. The molecule has 23 heavy (non-hydrogen) atoms. The fraction of sp³-hybridized carbons (Fsp3) is 0.444. The molecule has 0 saturated heterocycles. The number of benzene rings is 1. The molecule has 3 atom stereocenters. The van der Waals surface area contributed by atoms with Gasteiger partial charge in [-0.3, -0.25) is 0 Å². The van der Waals surface area contributed by atoms with Crippen LogP contribution in [0.5, 0.6) is 5.75 Å². The van der Waals surface area contributed by atoms with Gasteiger partial charge in [-0.1, -0.05) is 18.0 Å². The van der Waals surface area contributed by atoms with Gasteiger partial charge in [0.1, 0.15) is 5.75 Å². The van der Waals surface area contributed by atoms with Gasteiger partial charge in [0, 0.05) is 22.8 Å². The molecule has 3 unspecified atom stereocenters.